The topological polar surface area (TPSA) is 22.0 Å². The van der Waals surface area contributed by atoms with Gasteiger partial charge in [0.1, 0.15) is 0 Å². The van der Waals surface area contributed by atoms with Gasteiger partial charge in [0.15, 0.2) is 5.78 Å². The summed E-state index contributed by atoms with van der Waals surface area (Å²) in [7, 11) is 0. The summed E-state index contributed by atoms with van der Waals surface area (Å²) in [6, 6.07) is 10.3. The van der Waals surface area contributed by atoms with E-state index >= 15 is 0 Å². The van der Waals surface area contributed by atoms with Crippen LogP contribution < -0.4 is 0 Å². The molecular formula is C17H18BrNO. The molecule has 1 aliphatic rings. The molecule has 0 spiro atoms. The summed E-state index contributed by atoms with van der Waals surface area (Å²) in [5.74, 6) is 0.283. The summed E-state index contributed by atoms with van der Waals surface area (Å²) in [6.45, 7) is 5.17. The van der Waals surface area contributed by atoms with Crippen molar-refractivity contribution in [3.63, 3.8) is 0 Å². The highest BCUT2D eigenvalue weighted by Crippen LogP contribution is 2.35. The molecule has 1 aromatic heterocycles. The zero-order chi connectivity index (χ0) is 14.3. The van der Waals surface area contributed by atoms with E-state index in [1.54, 1.807) is 0 Å². The first-order chi connectivity index (χ1) is 9.44. The van der Waals surface area contributed by atoms with Crippen LogP contribution in [0.4, 0.5) is 0 Å². The summed E-state index contributed by atoms with van der Waals surface area (Å²) in [4.78, 5) is 12.2. The number of halogens is 1. The van der Waals surface area contributed by atoms with Crippen molar-refractivity contribution in [3.8, 4) is 0 Å². The molecule has 1 heterocycles. The molecule has 2 aromatic rings. The van der Waals surface area contributed by atoms with Gasteiger partial charge in [-0.15, -0.1) is 0 Å². The number of Topliss-reactive ketones (excluding diaryl/α,β-unsaturated/α-hetero) is 1. The Balaban J connectivity index is 1.93. The molecule has 1 aliphatic carbocycles. The lowest BCUT2D eigenvalue weighted by atomic mass is 9.76. The normalized spacial score (nSPS) is 17.1. The van der Waals surface area contributed by atoms with Gasteiger partial charge in [0, 0.05) is 34.9 Å². The largest absolute Gasteiger partial charge is 0.346 e. The molecule has 0 bridgehead atoms. The average molecular weight is 332 g/mol. The minimum atomic E-state index is 0.0693. The van der Waals surface area contributed by atoms with E-state index in [0.717, 1.165) is 23.0 Å². The molecule has 0 radical (unpaired) electrons. The number of aromatic nitrogens is 1. The monoisotopic (exact) mass is 331 g/mol. The molecule has 0 aliphatic heterocycles. The van der Waals surface area contributed by atoms with Gasteiger partial charge in [0.2, 0.25) is 0 Å². The van der Waals surface area contributed by atoms with E-state index in [-0.39, 0.29) is 11.2 Å². The molecule has 3 rings (SSSR count). The van der Waals surface area contributed by atoms with Crippen molar-refractivity contribution in [1.29, 1.82) is 0 Å². The van der Waals surface area contributed by atoms with Crippen LogP contribution in [0.5, 0.6) is 0 Å². The molecule has 0 saturated heterocycles. The van der Waals surface area contributed by atoms with Gasteiger partial charge in [-0.05, 0) is 35.6 Å². The minimum Gasteiger partial charge on any atom is -0.346 e. The number of benzene rings is 1. The first-order valence-corrected chi connectivity index (χ1v) is 7.70. The summed E-state index contributed by atoms with van der Waals surface area (Å²) in [6.07, 6.45) is 3.67. The number of ketones is 1. The fraction of sp³-hybridized carbons (Fsp3) is 0.353. The Morgan fingerprint density at radius 1 is 1.15 bits per heavy atom. The van der Waals surface area contributed by atoms with E-state index in [1.807, 2.05) is 12.3 Å². The van der Waals surface area contributed by atoms with Crippen LogP contribution in [0.25, 0.3) is 0 Å². The highest BCUT2D eigenvalue weighted by atomic mass is 79.9. The standard InChI is InChI=1S/C17H18BrNO/c1-17(2)9-15-14(16(20)10-17)7-8-19(15)11-12-3-5-13(18)6-4-12/h3-8H,9-11H2,1-2H3. The lowest BCUT2D eigenvalue weighted by Gasteiger charge is -2.29. The maximum absolute atomic E-state index is 12.2. The maximum atomic E-state index is 12.2. The molecule has 104 valence electrons. The van der Waals surface area contributed by atoms with Gasteiger partial charge in [-0.3, -0.25) is 4.79 Å². The Bertz CT molecular complexity index is 652. The fourth-order valence-electron chi connectivity index (χ4n) is 2.94. The third-order valence-electron chi connectivity index (χ3n) is 3.93. The lowest BCUT2D eigenvalue weighted by Crippen LogP contribution is -2.28. The number of rotatable bonds is 2. The zero-order valence-electron chi connectivity index (χ0n) is 11.8. The quantitative estimate of drug-likeness (QED) is 0.796. The van der Waals surface area contributed by atoms with Crippen molar-refractivity contribution in [3.05, 3.63) is 57.8 Å². The van der Waals surface area contributed by atoms with E-state index in [4.69, 9.17) is 0 Å². The molecule has 0 amide bonds. The Kier molecular flexibility index (Phi) is 3.33. The Labute approximate surface area is 127 Å². The van der Waals surface area contributed by atoms with Gasteiger partial charge < -0.3 is 4.57 Å². The second kappa shape index (κ2) is 4.88. The third kappa shape index (κ3) is 2.59. The van der Waals surface area contributed by atoms with Crippen LogP contribution in [0, 0.1) is 5.41 Å². The number of carbonyl (C=O) groups is 1. The first kappa shape index (κ1) is 13.6. The Hall–Kier alpha value is -1.35. The van der Waals surface area contributed by atoms with E-state index in [2.05, 4.69) is 58.6 Å². The molecule has 3 heteroatoms. The van der Waals surface area contributed by atoms with E-state index in [1.165, 1.54) is 11.3 Å². The number of carbonyl (C=O) groups excluding carboxylic acids is 1. The molecule has 0 saturated carbocycles. The van der Waals surface area contributed by atoms with Crippen molar-refractivity contribution >= 4 is 21.7 Å². The second-order valence-corrected chi connectivity index (χ2v) is 7.29. The Morgan fingerprint density at radius 3 is 2.55 bits per heavy atom. The zero-order valence-corrected chi connectivity index (χ0v) is 13.4. The lowest BCUT2D eigenvalue weighted by molar-refractivity contribution is 0.0910. The molecule has 0 N–H and O–H groups in total. The third-order valence-corrected chi connectivity index (χ3v) is 4.46. The summed E-state index contributed by atoms with van der Waals surface area (Å²) in [5, 5.41) is 0. The number of fused-ring (bicyclic) bond motifs is 1. The fourth-order valence-corrected chi connectivity index (χ4v) is 3.20. The van der Waals surface area contributed by atoms with Crippen molar-refractivity contribution in [2.45, 2.75) is 33.2 Å². The molecule has 2 nitrogen and oxygen atoms in total. The van der Waals surface area contributed by atoms with Gasteiger partial charge in [-0.1, -0.05) is 41.9 Å². The number of hydrogen-bond acceptors (Lipinski definition) is 1. The van der Waals surface area contributed by atoms with E-state index < -0.39 is 0 Å². The second-order valence-electron chi connectivity index (χ2n) is 6.37. The van der Waals surface area contributed by atoms with Crippen molar-refractivity contribution in [2.75, 3.05) is 0 Å². The highest BCUT2D eigenvalue weighted by Gasteiger charge is 2.32. The van der Waals surface area contributed by atoms with Gasteiger partial charge in [-0.2, -0.15) is 0 Å². The van der Waals surface area contributed by atoms with Gasteiger partial charge in [-0.25, -0.2) is 0 Å². The predicted octanol–water partition coefficient (Wildman–Crippen LogP) is 4.45. The van der Waals surface area contributed by atoms with Crippen LogP contribution in [0.3, 0.4) is 0 Å². The van der Waals surface area contributed by atoms with Crippen LogP contribution in [-0.2, 0) is 13.0 Å². The van der Waals surface area contributed by atoms with E-state index in [9.17, 15) is 4.79 Å². The van der Waals surface area contributed by atoms with E-state index in [0.29, 0.717) is 6.42 Å². The van der Waals surface area contributed by atoms with Crippen LogP contribution in [0.2, 0.25) is 0 Å². The van der Waals surface area contributed by atoms with Crippen LogP contribution in [0.15, 0.2) is 41.0 Å². The van der Waals surface area contributed by atoms with Gasteiger partial charge >= 0.3 is 0 Å². The summed E-state index contributed by atoms with van der Waals surface area (Å²) >= 11 is 3.45. The summed E-state index contributed by atoms with van der Waals surface area (Å²) < 4.78 is 3.31. The number of hydrogen-bond donors (Lipinski definition) is 0. The van der Waals surface area contributed by atoms with Crippen molar-refractivity contribution in [2.24, 2.45) is 5.41 Å². The molecule has 0 fully saturated rings. The SMILES string of the molecule is CC1(C)CC(=O)c2ccn(Cc3ccc(Br)cc3)c2C1. The van der Waals surface area contributed by atoms with Gasteiger partial charge in [0.05, 0.1) is 0 Å². The highest BCUT2D eigenvalue weighted by molar-refractivity contribution is 9.10. The van der Waals surface area contributed by atoms with Crippen LogP contribution in [0.1, 0.15) is 41.9 Å². The Morgan fingerprint density at radius 2 is 1.85 bits per heavy atom. The predicted molar refractivity (Wildman–Crippen MR) is 84.1 cm³/mol. The molecule has 20 heavy (non-hydrogen) atoms. The maximum Gasteiger partial charge on any atom is 0.165 e. The smallest absolute Gasteiger partial charge is 0.165 e. The summed E-state index contributed by atoms with van der Waals surface area (Å²) in [5.41, 5.74) is 3.43. The molecular weight excluding hydrogens is 314 g/mol. The first-order valence-electron chi connectivity index (χ1n) is 6.90. The average Bonchev–Trinajstić information content (AvgIpc) is 2.74. The molecule has 0 atom stereocenters. The van der Waals surface area contributed by atoms with Crippen LogP contribution >= 0.6 is 15.9 Å². The van der Waals surface area contributed by atoms with Crippen molar-refractivity contribution < 1.29 is 4.79 Å². The number of nitrogens with zero attached hydrogens (tertiary/aromatic N) is 1. The van der Waals surface area contributed by atoms with Crippen molar-refractivity contribution in [1.82, 2.24) is 4.57 Å². The van der Waals surface area contributed by atoms with Crippen LogP contribution in [-0.4, -0.2) is 10.4 Å². The molecule has 0 unspecified atom stereocenters. The minimum absolute atomic E-state index is 0.0693. The van der Waals surface area contributed by atoms with Gasteiger partial charge in [0.25, 0.3) is 0 Å². The molecule has 1 aromatic carbocycles.